The largest absolute Gasteiger partial charge is 0.481 e. The lowest BCUT2D eigenvalue weighted by Gasteiger charge is -2.05. The zero-order valence-electron chi connectivity index (χ0n) is 9.22. The SMILES string of the molecule is Cc1cc(CC(=O)O)n(-c2cccc(Cl)c2)n1. The number of halogens is 1. The van der Waals surface area contributed by atoms with Crippen LogP contribution in [0.1, 0.15) is 11.4 Å². The van der Waals surface area contributed by atoms with Gasteiger partial charge in [-0.3, -0.25) is 4.79 Å². The van der Waals surface area contributed by atoms with Crippen LogP contribution in [0.3, 0.4) is 0 Å². The second kappa shape index (κ2) is 4.59. The van der Waals surface area contributed by atoms with E-state index in [1.54, 1.807) is 28.9 Å². The Kier molecular flexibility index (Phi) is 3.15. The Hall–Kier alpha value is -1.81. The first kappa shape index (κ1) is 11.7. The van der Waals surface area contributed by atoms with Gasteiger partial charge in [-0.05, 0) is 31.2 Å². The highest BCUT2D eigenvalue weighted by Crippen LogP contribution is 2.17. The van der Waals surface area contributed by atoms with E-state index < -0.39 is 5.97 Å². The van der Waals surface area contributed by atoms with Crippen LogP contribution in [0, 0.1) is 6.92 Å². The lowest BCUT2D eigenvalue weighted by atomic mass is 10.2. The maximum Gasteiger partial charge on any atom is 0.309 e. The van der Waals surface area contributed by atoms with Crippen LogP contribution in [-0.2, 0) is 11.2 Å². The number of carboxylic acid groups (broad SMARTS) is 1. The van der Waals surface area contributed by atoms with E-state index in [2.05, 4.69) is 5.10 Å². The number of rotatable bonds is 3. The van der Waals surface area contributed by atoms with E-state index >= 15 is 0 Å². The minimum atomic E-state index is -0.881. The third kappa shape index (κ3) is 2.65. The molecule has 0 atom stereocenters. The molecular formula is C12H11ClN2O2. The van der Waals surface area contributed by atoms with Gasteiger partial charge in [0.25, 0.3) is 0 Å². The number of benzene rings is 1. The molecule has 0 aliphatic carbocycles. The minimum absolute atomic E-state index is 0.0621. The molecule has 0 aliphatic heterocycles. The highest BCUT2D eigenvalue weighted by molar-refractivity contribution is 6.30. The molecular weight excluding hydrogens is 240 g/mol. The molecule has 0 unspecified atom stereocenters. The van der Waals surface area contributed by atoms with Crippen molar-refractivity contribution in [3.8, 4) is 5.69 Å². The number of hydrogen-bond donors (Lipinski definition) is 1. The Morgan fingerprint density at radius 2 is 2.24 bits per heavy atom. The van der Waals surface area contributed by atoms with Crippen molar-refractivity contribution in [3.63, 3.8) is 0 Å². The summed E-state index contributed by atoms with van der Waals surface area (Å²) in [6, 6.07) is 8.91. The minimum Gasteiger partial charge on any atom is -0.481 e. The number of aryl methyl sites for hydroxylation is 1. The van der Waals surface area contributed by atoms with Gasteiger partial charge >= 0.3 is 5.97 Å². The van der Waals surface area contributed by atoms with Gasteiger partial charge < -0.3 is 5.11 Å². The normalized spacial score (nSPS) is 10.5. The van der Waals surface area contributed by atoms with Gasteiger partial charge in [0, 0.05) is 5.02 Å². The smallest absolute Gasteiger partial charge is 0.309 e. The van der Waals surface area contributed by atoms with Crippen LogP contribution in [0.5, 0.6) is 0 Å². The van der Waals surface area contributed by atoms with Crippen molar-refractivity contribution < 1.29 is 9.90 Å². The Morgan fingerprint density at radius 3 is 2.88 bits per heavy atom. The van der Waals surface area contributed by atoms with Crippen LogP contribution in [-0.4, -0.2) is 20.9 Å². The number of aromatic nitrogens is 2. The fourth-order valence-corrected chi connectivity index (χ4v) is 1.85. The summed E-state index contributed by atoms with van der Waals surface area (Å²) < 4.78 is 1.61. The Bertz CT molecular complexity index is 563. The van der Waals surface area contributed by atoms with Crippen molar-refractivity contribution in [1.29, 1.82) is 0 Å². The first-order chi connectivity index (χ1) is 8.06. The number of aliphatic carboxylic acids is 1. The highest BCUT2D eigenvalue weighted by Gasteiger charge is 2.11. The molecule has 0 amide bonds. The van der Waals surface area contributed by atoms with E-state index in [1.807, 2.05) is 13.0 Å². The summed E-state index contributed by atoms with van der Waals surface area (Å²) in [4.78, 5) is 10.8. The van der Waals surface area contributed by atoms with E-state index in [0.29, 0.717) is 10.7 Å². The fourth-order valence-electron chi connectivity index (χ4n) is 1.67. The summed E-state index contributed by atoms with van der Waals surface area (Å²) in [7, 11) is 0. The van der Waals surface area contributed by atoms with E-state index in [-0.39, 0.29) is 6.42 Å². The second-order valence-electron chi connectivity index (χ2n) is 3.74. The third-order valence-corrected chi connectivity index (χ3v) is 2.53. The first-order valence-electron chi connectivity index (χ1n) is 5.09. The van der Waals surface area contributed by atoms with E-state index in [0.717, 1.165) is 11.4 Å². The Balaban J connectivity index is 2.47. The molecule has 0 saturated heterocycles. The monoisotopic (exact) mass is 250 g/mol. The van der Waals surface area contributed by atoms with Crippen LogP contribution < -0.4 is 0 Å². The first-order valence-corrected chi connectivity index (χ1v) is 5.47. The molecule has 0 aliphatic rings. The molecule has 5 heteroatoms. The molecule has 4 nitrogen and oxygen atoms in total. The zero-order chi connectivity index (χ0) is 12.4. The van der Waals surface area contributed by atoms with Crippen molar-refractivity contribution in [2.75, 3.05) is 0 Å². The summed E-state index contributed by atoms with van der Waals surface area (Å²) >= 11 is 5.90. The van der Waals surface area contributed by atoms with Gasteiger partial charge in [0.1, 0.15) is 0 Å². The number of hydrogen-bond acceptors (Lipinski definition) is 2. The molecule has 2 rings (SSSR count). The molecule has 1 heterocycles. The molecule has 1 aromatic heterocycles. The van der Waals surface area contributed by atoms with Gasteiger partial charge in [-0.2, -0.15) is 5.10 Å². The van der Waals surface area contributed by atoms with Crippen molar-refractivity contribution in [3.05, 3.63) is 46.7 Å². The van der Waals surface area contributed by atoms with E-state index in [1.165, 1.54) is 0 Å². The number of carboxylic acids is 1. The van der Waals surface area contributed by atoms with Gasteiger partial charge in [-0.15, -0.1) is 0 Å². The highest BCUT2D eigenvalue weighted by atomic mass is 35.5. The van der Waals surface area contributed by atoms with Crippen molar-refractivity contribution >= 4 is 17.6 Å². The Morgan fingerprint density at radius 1 is 1.47 bits per heavy atom. The zero-order valence-corrected chi connectivity index (χ0v) is 9.98. The molecule has 0 bridgehead atoms. The van der Waals surface area contributed by atoms with Gasteiger partial charge in [-0.1, -0.05) is 17.7 Å². The average Bonchev–Trinajstić information content (AvgIpc) is 2.58. The molecule has 88 valence electrons. The summed E-state index contributed by atoms with van der Waals surface area (Å²) in [5, 5.41) is 13.7. The summed E-state index contributed by atoms with van der Waals surface area (Å²) in [5.74, 6) is -0.881. The molecule has 0 spiro atoms. The van der Waals surface area contributed by atoms with Gasteiger partial charge in [0.15, 0.2) is 0 Å². The summed E-state index contributed by atoms with van der Waals surface area (Å²) in [6.07, 6.45) is -0.0621. The second-order valence-corrected chi connectivity index (χ2v) is 4.18. The molecule has 0 saturated carbocycles. The lowest BCUT2D eigenvalue weighted by Crippen LogP contribution is -2.07. The molecule has 0 radical (unpaired) electrons. The fraction of sp³-hybridized carbons (Fsp3) is 0.167. The van der Waals surface area contributed by atoms with Crippen LogP contribution in [0.15, 0.2) is 30.3 Å². The van der Waals surface area contributed by atoms with Gasteiger partial charge in [0.2, 0.25) is 0 Å². The maximum atomic E-state index is 10.8. The van der Waals surface area contributed by atoms with Crippen molar-refractivity contribution in [2.45, 2.75) is 13.3 Å². The van der Waals surface area contributed by atoms with E-state index in [9.17, 15) is 4.79 Å². The predicted octanol–water partition coefficient (Wildman–Crippen LogP) is 2.46. The standard InChI is InChI=1S/C12H11ClN2O2/c1-8-5-11(7-12(16)17)15(14-8)10-4-2-3-9(13)6-10/h2-6H,7H2,1H3,(H,16,17). The summed E-state index contributed by atoms with van der Waals surface area (Å²) in [5.41, 5.74) is 2.18. The quantitative estimate of drug-likeness (QED) is 0.910. The molecule has 2 aromatic rings. The van der Waals surface area contributed by atoms with Gasteiger partial charge in [-0.25, -0.2) is 4.68 Å². The Labute approximate surface area is 103 Å². The van der Waals surface area contributed by atoms with Crippen LogP contribution in [0.2, 0.25) is 5.02 Å². The molecule has 1 aromatic carbocycles. The van der Waals surface area contributed by atoms with Crippen LogP contribution >= 0.6 is 11.6 Å². The average molecular weight is 251 g/mol. The molecule has 17 heavy (non-hydrogen) atoms. The maximum absolute atomic E-state index is 10.8. The topological polar surface area (TPSA) is 55.1 Å². The molecule has 1 N–H and O–H groups in total. The number of nitrogens with zero attached hydrogens (tertiary/aromatic N) is 2. The van der Waals surface area contributed by atoms with Crippen molar-refractivity contribution in [1.82, 2.24) is 9.78 Å². The lowest BCUT2D eigenvalue weighted by molar-refractivity contribution is -0.136. The number of carbonyl (C=O) groups is 1. The van der Waals surface area contributed by atoms with Crippen LogP contribution in [0.25, 0.3) is 5.69 Å². The molecule has 0 fully saturated rings. The van der Waals surface area contributed by atoms with Crippen LogP contribution in [0.4, 0.5) is 0 Å². The van der Waals surface area contributed by atoms with Gasteiger partial charge in [0.05, 0.1) is 23.5 Å². The third-order valence-electron chi connectivity index (χ3n) is 2.29. The van der Waals surface area contributed by atoms with E-state index in [4.69, 9.17) is 16.7 Å². The van der Waals surface area contributed by atoms with Crippen molar-refractivity contribution in [2.24, 2.45) is 0 Å². The predicted molar refractivity (Wildman–Crippen MR) is 64.7 cm³/mol. The summed E-state index contributed by atoms with van der Waals surface area (Å²) in [6.45, 7) is 1.83.